The van der Waals surface area contributed by atoms with Gasteiger partial charge < -0.3 is 10.4 Å². The Hall–Kier alpha value is -1.42. The topological polar surface area (TPSA) is 62.2 Å². The molecule has 0 spiro atoms. The van der Waals surface area contributed by atoms with Crippen molar-refractivity contribution in [1.82, 2.24) is 10.3 Å². The van der Waals surface area contributed by atoms with E-state index in [-0.39, 0.29) is 5.69 Å². The van der Waals surface area contributed by atoms with Crippen LogP contribution in [0.5, 0.6) is 0 Å². The smallest absolute Gasteiger partial charge is 0.354 e. The highest BCUT2D eigenvalue weighted by Gasteiger charge is 2.44. The molecule has 1 aliphatic rings. The van der Waals surface area contributed by atoms with Gasteiger partial charge in [-0.2, -0.15) is 0 Å². The minimum Gasteiger partial charge on any atom is -0.477 e. The predicted octanol–water partition coefficient (Wildman–Crippen LogP) is 2.31. The summed E-state index contributed by atoms with van der Waals surface area (Å²) < 4.78 is 0. The Morgan fingerprint density at radius 2 is 2.22 bits per heavy atom. The highest BCUT2D eigenvalue weighted by atomic mass is 16.4. The number of hydrogen-bond donors (Lipinski definition) is 2. The Morgan fingerprint density at radius 1 is 1.50 bits per heavy atom. The van der Waals surface area contributed by atoms with Gasteiger partial charge in [-0.3, -0.25) is 0 Å². The number of nitrogens with one attached hydrogen (secondary N) is 1. The molecule has 4 nitrogen and oxygen atoms in total. The van der Waals surface area contributed by atoms with E-state index in [0.717, 1.165) is 12.2 Å². The molecule has 0 aromatic carbocycles. The molecule has 1 aliphatic carbocycles. The molecule has 4 heteroatoms. The van der Waals surface area contributed by atoms with Gasteiger partial charge in [-0.15, -0.1) is 0 Å². The van der Waals surface area contributed by atoms with Crippen molar-refractivity contribution >= 4 is 5.97 Å². The molecule has 1 aromatic rings. The van der Waals surface area contributed by atoms with Crippen LogP contribution < -0.4 is 5.32 Å². The van der Waals surface area contributed by atoms with Crippen LogP contribution in [-0.4, -0.2) is 22.6 Å². The standard InChI is InChI=1S/C14H20N2O2/c1-10(2)14(6-7-14)9-15-8-11-4-3-5-12(16-11)13(17)18/h3-5,10,15H,6-9H2,1-2H3,(H,17,18). The number of carboxylic acids is 1. The number of pyridine rings is 1. The first-order chi connectivity index (χ1) is 8.53. The molecule has 0 atom stereocenters. The van der Waals surface area contributed by atoms with Gasteiger partial charge in [0, 0.05) is 13.1 Å². The fraction of sp³-hybridized carbons (Fsp3) is 0.571. The fourth-order valence-electron chi connectivity index (χ4n) is 2.26. The lowest BCUT2D eigenvalue weighted by molar-refractivity contribution is 0.0690. The van der Waals surface area contributed by atoms with Crippen molar-refractivity contribution in [2.45, 2.75) is 33.2 Å². The number of aromatic carboxylic acids is 1. The Bertz CT molecular complexity index is 439. The summed E-state index contributed by atoms with van der Waals surface area (Å²) in [6, 6.07) is 5.11. The van der Waals surface area contributed by atoms with Gasteiger partial charge >= 0.3 is 5.97 Å². The van der Waals surface area contributed by atoms with Gasteiger partial charge in [-0.25, -0.2) is 9.78 Å². The lowest BCUT2D eigenvalue weighted by Gasteiger charge is -2.19. The molecule has 18 heavy (non-hydrogen) atoms. The molecule has 1 fully saturated rings. The highest BCUT2D eigenvalue weighted by molar-refractivity contribution is 5.85. The van der Waals surface area contributed by atoms with Crippen LogP contribution in [0.2, 0.25) is 0 Å². The van der Waals surface area contributed by atoms with E-state index >= 15 is 0 Å². The summed E-state index contributed by atoms with van der Waals surface area (Å²) in [6.45, 7) is 6.15. The van der Waals surface area contributed by atoms with E-state index in [1.54, 1.807) is 6.07 Å². The van der Waals surface area contributed by atoms with Gasteiger partial charge in [0.1, 0.15) is 5.69 Å². The number of hydrogen-bond acceptors (Lipinski definition) is 3. The van der Waals surface area contributed by atoms with Crippen LogP contribution in [0.25, 0.3) is 0 Å². The molecular weight excluding hydrogens is 228 g/mol. The molecule has 0 saturated heterocycles. The maximum absolute atomic E-state index is 10.8. The predicted molar refractivity (Wildman–Crippen MR) is 69.4 cm³/mol. The van der Waals surface area contributed by atoms with Crippen LogP contribution in [0, 0.1) is 11.3 Å². The molecule has 98 valence electrons. The average molecular weight is 248 g/mol. The second kappa shape index (κ2) is 5.06. The number of carbonyl (C=O) groups is 1. The number of carboxylic acid groups (broad SMARTS) is 1. The van der Waals surface area contributed by atoms with Crippen LogP contribution in [0.15, 0.2) is 18.2 Å². The zero-order valence-electron chi connectivity index (χ0n) is 10.9. The molecule has 0 unspecified atom stereocenters. The van der Waals surface area contributed by atoms with E-state index in [9.17, 15) is 4.79 Å². The summed E-state index contributed by atoms with van der Waals surface area (Å²) in [5.74, 6) is -0.277. The summed E-state index contributed by atoms with van der Waals surface area (Å²) >= 11 is 0. The minimum atomic E-state index is -0.974. The molecule has 2 N–H and O–H groups in total. The van der Waals surface area contributed by atoms with Gasteiger partial charge in [-0.1, -0.05) is 19.9 Å². The zero-order valence-corrected chi connectivity index (χ0v) is 10.9. The van der Waals surface area contributed by atoms with Gasteiger partial charge in [0.15, 0.2) is 0 Å². The van der Waals surface area contributed by atoms with E-state index < -0.39 is 5.97 Å². The lowest BCUT2D eigenvalue weighted by atomic mass is 9.92. The molecule has 1 aromatic heterocycles. The quantitative estimate of drug-likeness (QED) is 0.811. The van der Waals surface area contributed by atoms with Crippen LogP contribution in [0.3, 0.4) is 0 Å². The average Bonchev–Trinajstić information content (AvgIpc) is 3.10. The molecule has 0 aliphatic heterocycles. The van der Waals surface area contributed by atoms with E-state index in [1.165, 1.54) is 18.9 Å². The second-order valence-electron chi connectivity index (χ2n) is 5.44. The third kappa shape index (κ3) is 2.88. The van der Waals surface area contributed by atoms with Crippen LogP contribution in [0.4, 0.5) is 0 Å². The fourth-order valence-corrected chi connectivity index (χ4v) is 2.26. The number of aromatic nitrogens is 1. The molecule has 0 amide bonds. The monoisotopic (exact) mass is 248 g/mol. The van der Waals surface area contributed by atoms with Crippen molar-refractivity contribution < 1.29 is 9.90 Å². The van der Waals surface area contributed by atoms with E-state index in [4.69, 9.17) is 5.11 Å². The Morgan fingerprint density at radius 3 is 2.78 bits per heavy atom. The summed E-state index contributed by atoms with van der Waals surface area (Å²) in [5.41, 5.74) is 1.36. The Kier molecular flexibility index (Phi) is 3.66. The molecular formula is C14H20N2O2. The zero-order chi connectivity index (χ0) is 13.2. The van der Waals surface area contributed by atoms with Crippen LogP contribution in [0.1, 0.15) is 42.9 Å². The highest BCUT2D eigenvalue weighted by Crippen LogP contribution is 2.51. The normalized spacial score (nSPS) is 16.8. The largest absolute Gasteiger partial charge is 0.477 e. The number of rotatable bonds is 6. The molecule has 1 heterocycles. The first-order valence-corrected chi connectivity index (χ1v) is 6.43. The maximum Gasteiger partial charge on any atom is 0.354 e. The van der Waals surface area contributed by atoms with E-state index in [1.807, 2.05) is 6.07 Å². The van der Waals surface area contributed by atoms with Gasteiger partial charge in [0.25, 0.3) is 0 Å². The summed E-state index contributed by atoms with van der Waals surface area (Å²) in [7, 11) is 0. The SMILES string of the molecule is CC(C)C1(CNCc2cccc(C(=O)O)n2)CC1. The van der Waals surface area contributed by atoms with Crippen molar-refractivity contribution in [3.63, 3.8) is 0 Å². The summed E-state index contributed by atoms with van der Waals surface area (Å²) in [6.07, 6.45) is 2.58. The molecule has 2 rings (SSSR count). The minimum absolute atomic E-state index is 0.110. The van der Waals surface area contributed by atoms with Gasteiger partial charge in [0.05, 0.1) is 5.69 Å². The molecule has 0 radical (unpaired) electrons. The van der Waals surface area contributed by atoms with E-state index in [0.29, 0.717) is 17.9 Å². The molecule has 0 bridgehead atoms. The van der Waals surface area contributed by atoms with Crippen LogP contribution >= 0.6 is 0 Å². The summed E-state index contributed by atoms with van der Waals surface area (Å²) in [5, 5.41) is 12.3. The Balaban J connectivity index is 1.87. The molecule has 1 saturated carbocycles. The van der Waals surface area contributed by atoms with Crippen molar-refractivity contribution in [1.29, 1.82) is 0 Å². The van der Waals surface area contributed by atoms with Crippen molar-refractivity contribution in [2.75, 3.05) is 6.54 Å². The third-order valence-corrected chi connectivity index (χ3v) is 3.93. The third-order valence-electron chi connectivity index (χ3n) is 3.93. The van der Waals surface area contributed by atoms with Gasteiger partial charge in [-0.05, 0) is 36.3 Å². The van der Waals surface area contributed by atoms with Crippen molar-refractivity contribution in [3.8, 4) is 0 Å². The first-order valence-electron chi connectivity index (χ1n) is 6.43. The van der Waals surface area contributed by atoms with E-state index in [2.05, 4.69) is 24.1 Å². The summed E-state index contributed by atoms with van der Waals surface area (Å²) in [4.78, 5) is 14.9. The van der Waals surface area contributed by atoms with Crippen LogP contribution in [-0.2, 0) is 6.54 Å². The second-order valence-corrected chi connectivity index (χ2v) is 5.44. The number of nitrogens with zero attached hydrogens (tertiary/aromatic N) is 1. The van der Waals surface area contributed by atoms with Crippen molar-refractivity contribution in [2.24, 2.45) is 11.3 Å². The Labute approximate surface area is 107 Å². The van der Waals surface area contributed by atoms with Gasteiger partial charge in [0.2, 0.25) is 0 Å². The lowest BCUT2D eigenvalue weighted by Crippen LogP contribution is -2.27. The van der Waals surface area contributed by atoms with Crippen molar-refractivity contribution in [3.05, 3.63) is 29.6 Å². The first kappa shape index (κ1) is 13.0. The maximum atomic E-state index is 10.8.